The van der Waals surface area contributed by atoms with Gasteiger partial charge >= 0.3 is 0 Å². The number of hydrogen-bond acceptors (Lipinski definition) is 4. The summed E-state index contributed by atoms with van der Waals surface area (Å²) in [6.45, 7) is -0.0787. The molecule has 6 heteroatoms. The van der Waals surface area contributed by atoms with Crippen molar-refractivity contribution in [3.8, 4) is 11.3 Å². The predicted molar refractivity (Wildman–Crippen MR) is 61.1 cm³/mol. The Bertz CT molecular complexity index is 669. The number of imidazole rings is 1. The summed E-state index contributed by atoms with van der Waals surface area (Å²) in [5.41, 5.74) is 3.14. The molecular weight excluding hydrogens is 218 g/mol. The molecule has 3 rings (SSSR count). The summed E-state index contributed by atoms with van der Waals surface area (Å²) in [5, 5.41) is 17.7. The molecule has 0 aliphatic carbocycles. The van der Waals surface area contributed by atoms with Gasteiger partial charge in [0.2, 0.25) is 0 Å². The molecule has 0 atom stereocenters. The number of rotatable bonds is 2. The van der Waals surface area contributed by atoms with Gasteiger partial charge in [-0.25, -0.2) is 9.50 Å². The molecule has 0 aliphatic rings. The lowest BCUT2D eigenvalue weighted by atomic mass is 10.2. The van der Waals surface area contributed by atoms with Crippen LogP contribution in [-0.2, 0) is 13.7 Å². The van der Waals surface area contributed by atoms with Crippen molar-refractivity contribution in [2.45, 2.75) is 6.61 Å². The minimum absolute atomic E-state index is 0.0787. The zero-order valence-corrected chi connectivity index (χ0v) is 9.28. The molecule has 0 fully saturated rings. The smallest absolute Gasteiger partial charge is 0.153 e. The minimum Gasteiger partial charge on any atom is -0.390 e. The normalized spacial score (nSPS) is 11.2. The van der Waals surface area contributed by atoms with Crippen LogP contribution in [0.25, 0.3) is 16.9 Å². The zero-order chi connectivity index (χ0) is 11.8. The Kier molecular flexibility index (Phi) is 2.15. The average molecular weight is 229 g/mol. The third-order valence-electron chi connectivity index (χ3n) is 2.60. The summed E-state index contributed by atoms with van der Waals surface area (Å²) in [5.74, 6) is 0. The van der Waals surface area contributed by atoms with Crippen molar-refractivity contribution < 1.29 is 5.11 Å². The first kappa shape index (κ1) is 9.98. The van der Waals surface area contributed by atoms with E-state index in [0.717, 1.165) is 16.9 Å². The molecule has 3 heterocycles. The Morgan fingerprint density at radius 3 is 2.88 bits per heavy atom. The maximum Gasteiger partial charge on any atom is 0.153 e. The lowest BCUT2D eigenvalue weighted by Crippen LogP contribution is -1.98. The van der Waals surface area contributed by atoms with Gasteiger partial charge in [-0.2, -0.15) is 10.2 Å². The molecule has 1 N–H and O–H groups in total. The lowest BCUT2D eigenvalue weighted by Gasteiger charge is -2.00. The first-order chi connectivity index (χ1) is 8.28. The number of aliphatic hydroxyl groups is 1. The average Bonchev–Trinajstić information content (AvgIpc) is 2.94. The molecule has 0 saturated carbocycles. The first-order valence-corrected chi connectivity index (χ1v) is 5.21. The number of nitrogens with zero attached hydrogens (tertiary/aromatic N) is 5. The zero-order valence-electron chi connectivity index (χ0n) is 9.28. The van der Waals surface area contributed by atoms with Gasteiger partial charge in [0.25, 0.3) is 0 Å². The maximum atomic E-state index is 9.17. The number of aromatic nitrogens is 5. The van der Waals surface area contributed by atoms with Gasteiger partial charge in [-0.1, -0.05) is 0 Å². The topological polar surface area (TPSA) is 68.2 Å². The third-order valence-corrected chi connectivity index (χ3v) is 2.60. The number of aryl methyl sites for hydroxylation is 1. The summed E-state index contributed by atoms with van der Waals surface area (Å²) < 4.78 is 3.37. The van der Waals surface area contributed by atoms with Gasteiger partial charge in [0, 0.05) is 18.8 Å². The Morgan fingerprint density at radius 1 is 1.29 bits per heavy atom. The van der Waals surface area contributed by atoms with Crippen molar-refractivity contribution in [2.24, 2.45) is 7.05 Å². The fourth-order valence-corrected chi connectivity index (χ4v) is 1.74. The van der Waals surface area contributed by atoms with Crippen LogP contribution in [0.15, 0.2) is 30.7 Å². The molecule has 6 nitrogen and oxygen atoms in total. The van der Waals surface area contributed by atoms with Crippen LogP contribution in [0, 0.1) is 0 Å². The van der Waals surface area contributed by atoms with Crippen LogP contribution >= 0.6 is 0 Å². The van der Waals surface area contributed by atoms with E-state index in [4.69, 9.17) is 0 Å². The summed E-state index contributed by atoms with van der Waals surface area (Å²) in [4.78, 5) is 4.15. The van der Waals surface area contributed by atoms with Crippen LogP contribution in [0.3, 0.4) is 0 Å². The van der Waals surface area contributed by atoms with Crippen LogP contribution < -0.4 is 0 Å². The van der Waals surface area contributed by atoms with E-state index in [1.54, 1.807) is 21.6 Å². The molecule has 0 bridgehead atoms. The van der Waals surface area contributed by atoms with Gasteiger partial charge < -0.3 is 5.11 Å². The quantitative estimate of drug-likeness (QED) is 0.699. The second kappa shape index (κ2) is 3.67. The fraction of sp³-hybridized carbons (Fsp3) is 0.182. The van der Waals surface area contributed by atoms with Gasteiger partial charge in [0.05, 0.1) is 30.4 Å². The third kappa shape index (κ3) is 1.58. The summed E-state index contributed by atoms with van der Waals surface area (Å²) in [7, 11) is 1.86. The van der Waals surface area contributed by atoms with Crippen LogP contribution in [0.2, 0.25) is 0 Å². The second-order valence-electron chi connectivity index (χ2n) is 3.80. The van der Waals surface area contributed by atoms with E-state index in [1.807, 2.05) is 25.4 Å². The molecular formula is C11H11N5O. The van der Waals surface area contributed by atoms with Crippen molar-refractivity contribution in [3.05, 3.63) is 36.4 Å². The second-order valence-corrected chi connectivity index (χ2v) is 3.80. The molecule has 17 heavy (non-hydrogen) atoms. The molecule has 0 saturated heterocycles. The number of fused-ring (bicyclic) bond motifs is 1. The van der Waals surface area contributed by atoms with E-state index < -0.39 is 0 Å². The van der Waals surface area contributed by atoms with Crippen LogP contribution in [-0.4, -0.2) is 29.5 Å². The molecule has 0 amide bonds. The van der Waals surface area contributed by atoms with Gasteiger partial charge in [-0.3, -0.25) is 4.68 Å². The van der Waals surface area contributed by atoms with E-state index >= 15 is 0 Å². The van der Waals surface area contributed by atoms with Crippen molar-refractivity contribution in [2.75, 3.05) is 0 Å². The number of aliphatic hydroxyl groups excluding tert-OH is 1. The highest BCUT2D eigenvalue weighted by Gasteiger charge is 2.07. The Labute approximate surface area is 97.1 Å². The monoisotopic (exact) mass is 229 g/mol. The maximum absolute atomic E-state index is 9.17. The molecule has 0 aliphatic heterocycles. The van der Waals surface area contributed by atoms with E-state index in [2.05, 4.69) is 15.2 Å². The van der Waals surface area contributed by atoms with Crippen molar-refractivity contribution in [1.29, 1.82) is 0 Å². The van der Waals surface area contributed by atoms with E-state index in [1.165, 1.54) is 0 Å². The minimum atomic E-state index is -0.0787. The highest BCUT2D eigenvalue weighted by molar-refractivity contribution is 5.58. The highest BCUT2D eigenvalue weighted by Crippen LogP contribution is 2.16. The molecule has 86 valence electrons. The first-order valence-electron chi connectivity index (χ1n) is 5.21. The number of hydrogen-bond donors (Lipinski definition) is 1. The Balaban J connectivity index is 2.18. The molecule has 0 radical (unpaired) electrons. The van der Waals surface area contributed by atoms with Crippen molar-refractivity contribution in [3.63, 3.8) is 0 Å². The predicted octanol–water partition coefficient (Wildman–Crippen LogP) is 0.622. The van der Waals surface area contributed by atoms with E-state index in [-0.39, 0.29) is 6.61 Å². The van der Waals surface area contributed by atoms with E-state index in [9.17, 15) is 5.11 Å². The van der Waals surface area contributed by atoms with Gasteiger partial charge in [-0.05, 0) is 12.1 Å². The molecule has 0 unspecified atom stereocenters. The van der Waals surface area contributed by atoms with E-state index in [0.29, 0.717) is 5.69 Å². The Morgan fingerprint density at radius 2 is 2.18 bits per heavy atom. The van der Waals surface area contributed by atoms with Crippen LogP contribution in [0.4, 0.5) is 0 Å². The van der Waals surface area contributed by atoms with Crippen molar-refractivity contribution >= 4 is 5.65 Å². The largest absolute Gasteiger partial charge is 0.390 e. The lowest BCUT2D eigenvalue weighted by molar-refractivity contribution is 0.274. The summed E-state index contributed by atoms with van der Waals surface area (Å²) in [6.07, 6.45) is 5.27. The van der Waals surface area contributed by atoms with Gasteiger partial charge in [-0.15, -0.1) is 0 Å². The highest BCUT2D eigenvalue weighted by atomic mass is 16.3. The molecule has 0 spiro atoms. The summed E-state index contributed by atoms with van der Waals surface area (Å²) in [6, 6.07) is 3.76. The standard InChI is InChI=1S/C11H11N5O/c1-15-6-8(4-13-15)10-2-3-11-12-5-9(7-17)16(11)14-10/h2-6,17H,7H2,1H3. The fourth-order valence-electron chi connectivity index (χ4n) is 1.74. The SMILES string of the molecule is Cn1cc(-c2ccc3ncc(CO)n3n2)cn1. The molecule has 3 aromatic heterocycles. The summed E-state index contributed by atoms with van der Waals surface area (Å²) >= 11 is 0. The molecule has 3 aromatic rings. The Hall–Kier alpha value is -2.21. The van der Waals surface area contributed by atoms with Crippen LogP contribution in [0.1, 0.15) is 5.69 Å². The van der Waals surface area contributed by atoms with Crippen molar-refractivity contribution in [1.82, 2.24) is 24.4 Å². The van der Waals surface area contributed by atoms with Crippen LogP contribution in [0.5, 0.6) is 0 Å². The van der Waals surface area contributed by atoms with Gasteiger partial charge in [0.1, 0.15) is 0 Å². The molecule has 0 aromatic carbocycles. The van der Waals surface area contributed by atoms with Gasteiger partial charge in [0.15, 0.2) is 5.65 Å².